The highest BCUT2D eigenvalue weighted by molar-refractivity contribution is 8.00. The first-order valence-electron chi connectivity index (χ1n) is 11.7. The van der Waals surface area contributed by atoms with Crippen molar-refractivity contribution in [3.05, 3.63) is 75.1 Å². The number of rotatable bonds is 7. The van der Waals surface area contributed by atoms with Crippen molar-refractivity contribution < 1.29 is 19.1 Å². The fourth-order valence-corrected chi connectivity index (χ4v) is 6.50. The van der Waals surface area contributed by atoms with Gasteiger partial charge in [0, 0.05) is 26.0 Å². The number of halogens is 1. The maximum atomic E-state index is 13.1. The van der Waals surface area contributed by atoms with Gasteiger partial charge in [-0.2, -0.15) is 0 Å². The number of ether oxygens (including phenoxy) is 1. The van der Waals surface area contributed by atoms with Gasteiger partial charge in [-0.3, -0.25) is 9.59 Å². The molecule has 0 fully saturated rings. The van der Waals surface area contributed by atoms with E-state index in [0.717, 1.165) is 47.4 Å². The van der Waals surface area contributed by atoms with Gasteiger partial charge < -0.3 is 15.4 Å². The van der Waals surface area contributed by atoms with E-state index in [4.69, 9.17) is 16.3 Å². The highest BCUT2D eigenvalue weighted by atomic mass is 35.5. The standard InChI is InChI=1S/C27H27ClN2O4S2/c1-16(24(31)30-26-23(27(33)34-2)21-12-4-3-5-13-22(21)36-26)35-20-11-7-10-19(15-20)29-25(32)17-8-6-9-18(28)14-17/h6-11,14-16H,3-5,12-13H2,1-2H3,(H,29,32)(H,30,31). The summed E-state index contributed by atoms with van der Waals surface area (Å²) in [5.74, 6) is -0.874. The highest BCUT2D eigenvalue weighted by Crippen LogP contribution is 2.38. The molecule has 1 heterocycles. The zero-order valence-corrected chi connectivity index (χ0v) is 22.4. The smallest absolute Gasteiger partial charge is 0.341 e. The topological polar surface area (TPSA) is 84.5 Å². The Bertz CT molecular complexity index is 1290. The summed E-state index contributed by atoms with van der Waals surface area (Å²) in [6, 6.07) is 14.1. The van der Waals surface area contributed by atoms with Gasteiger partial charge in [0.05, 0.1) is 17.9 Å². The van der Waals surface area contributed by atoms with Gasteiger partial charge in [-0.25, -0.2) is 4.79 Å². The van der Waals surface area contributed by atoms with E-state index < -0.39 is 11.2 Å². The zero-order chi connectivity index (χ0) is 25.7. The van der Waals surface area contributed by atoms with Gasteiger partial charge in [-0.1, -0.05) is 30.2 Å². The molecule has 0 saturated heterocycles. The van der Waals surface area contributed by atoms with E-state index in [1.165, 1.54) is 30.2 Å². The molecule has 188 valence electrons. The van der Waals surface area contributed by atoms with Crippen LogP contribution in [0, 0.1) is 0 Å². The van der Waals surface area contributed by atoms with Crippen molar-refractivity contribution in [1.29, 1.82) is 0 Å². The number of carbonyl (C=O) groups is 3. The Hall–Kier alpha value is -2.81. The van der Waals surface area contributed by atoms with Crippen LogP contribution < -0.4 is 10.6 Å². The van der Waals surface area contributed by atoms with E-state index in [9.17, 15) is 14.4 Å². The molecule has 3 aromatic rings. The van der Waals surface area contributed by atoms with Crippen LogP contribution in [0.4, 0.5) is 10.7 Å². The summed E-state index contributed by atoms with van der Waals surface area (Å²) in [7, 11) is 1.37. The molecule has 6 nitrogen and oxygen atoms in total. The molecule has 1 unspecified atom stereocenters. The number of hydrogen-bond acceptors (Lipinski definition) is 6. The van der Waals surface area contributed by atoms with Crippen LogP contribution in [0.25, 0.3) is 0 Å². The number of anilines is 2. The molecule has 0 aliphatic heterocycles. The molecule has 1 aromatic heterocycles. The van der Waals surface area contributed by atoms with Crippen molar-refractivity contribution in [2.24, 2.45) is 0 Å². The Balaban J connectivity index is 1.44. The minimum absolute atomic E-state index is 0.199. The molecule has 2 N–H and O–H groups in total. The second-order valence-electron chi connectivity index (χ2n) is 8.50. The lowest BCUT2D eigenvalue weighted by molar-refractivity contribution is -0.115. The molecule has 0 bridgehead atoms. The van der Waals surface area contributed by atoms with E-state index in [1.54, 1.807) is 30.3 Å². The van der Waals surface area contributed by atoms with E-state index in [-0.39, 0.29) is 11.8 Å². The SMILES string of the molecule is COC(=O)c1c(NC(=O)C(C)Sc2cccc(NC(=O)c3cccc(Cl)c3)c2)sc2c1CCCCC2. The third kappa shape index (κ3) is 6.30. The first-order chi connectivity index (χ1) is 17.4. The van der Waals surface area contributed by atoms with Crippen LogP contribution in [0.2, 0.25) is 5.02 Å². The van der Waals surface area contributed by atoms with E-state index in [0.29, 0.717) is 26.8 Å². The van der Waals surface area contributed by atoms with Crippen molar-refractivity contribution in [3.63, 3.8) is 0 Å². The Morgan fingerprint density at radius 1 is 1.03 bits per heavy atom. The van der Waals surface area contributed by atoms with Gasteiger partial charge in [0.1, 0.15) is 5.00 Å². The monoisotopic (exact) mass is 542 g/mol. The lowest BCUT2D eigenvalue weighted by Crippen LogP contribution is -2.23. The van der Waals surface area contributed by atoms with Crippen LogP contribution >= 0.6 is 34.7 Å². The highest BCUT2D eigenvalue weighted by Gasteiger charge is 2.27. The third-order valence-electron chi connectivity index (χ3n) is 5.91. The molecule has 1 aliphatic carbocycles. The number of benzene rings is 2. The molecule has 0 saturated carbocycles. The Morgan fingerprint density at radius 3 is 2.58 bits per heavy atom. The Morgan fingerprint density at radius 2 is 1.81 bits per heavy atom. The van der Waals surface area contributed by atoms with Gasteiger partial charge in [0.15, 0.2) is 0 Å². The average molecular weight is 543 g/mol. The van der Waals surface area contributed by atoms with Crippen LogP contribution in [-0.2, 0) is 22.4 Å². The van der Waals surface area contributed by atoms with Crippen molar-refractivity contribution in [3.8, 4) is 0 Å². The molecule has 9 heteroatoms. The summed E-state index contributed by atoms with van der Waals surface area (Å²) in [6.07, 6.45) is 4.98. The fourth-order valence-electron chi connectivity index (χ4n) is 4.10. The number of thiophene rings is 1. The number of aryl methyl sites for hydroxylation is 1. The quantitative estimate of drug-likeness (QED) is 0.194. The van der Waals surface area contributed by atoms with Crippen LogP contribution in [0.5, 0.6) is 0 Å². The van der Waals surface area contributed by atoms with Crippen LogP contribution in [0.3, 0.4) is 0 Å². The predicted molar refractivity (Wildman–Crippen MR) is 147 cm³/mol. The fraction of sp³-hybridized carbons (Fsp3) is 0.296. The lowest BCUT2D eigenvalue weighted by atomic mass is 10.1. The van der Waals surface area contributed by atoms with E-state index in [2.05, 4.69) is 10.6 Å². The van der Waals surface area contributed by atoms with E-state index in [1.807, 2.05) is 25.1 Å². The van der Waals surface area contributed by atoms with Gasteiger partial charge in [-0.05, 0) is 74.6 Å². The number of esters is 1. The lowest BCUT2D eigenvalue weighted by Gasteiger charge is -2.13. The summed E-state index contributed by atoms with van der Waals surface area (Å²) >= 11 is 8.84. The van der Waals surface area contributed by atoms with Crippen LogP contribution in [-0.4, -0.2) is 30.1 Å². The van der Waals surface area contributed by atoms with Crippen molar-refractivity contribution >= 4 is 63.2 Å². The maximum Gasteiger partial charge on any atom is 0.341 e. The van der Waals surface area contributed by atoms with Gasteiger partial charge in [0.2, 0.25) is 5.91 Å². The summed E-state index contributed by atoms with van der Waals surface area (Å²) in [6.45, 7) is 1.81. The molecule has 4 rings (SSSR count). The predicted octanol–water partition coefficient (Wildman–Crippen LogP) is 6.83. The second-order valence-corrected chi connectivity index (χ2v) is 11.5. The number of nitrogens with one attached hydrogen (secondary N) is 2. The first kappa shape index (κ1) is 26.3. The molecule has 0 radical (unpaired) electrons. The summed E-state index contributed by atoms with van der Waals surface area (Å²) in [5.41, 5.74) is 2.59. The number of hydrogen-bond donors (Lipinski definition) is 2. The van der Waals surface area contributed by atoms with E-state index >= 15 is 0 Å². The molecular weight excluding hydrogens is 516 g/mol. The normalized spacial score (nSPS) is 13.8. The average Bonchev–Trinajstić information content (AvgIpc) is 3.03. The Labute approximate surface area is 223 Å². The minimum Gasteiger partial charge on any atom is -0.465 e. The molecular formula is C27H27ClN2O4S2. The van der Waals surface area contributed by atoms with Crippen molar-refractivity contribution in [2.75, 3.05) is 17.7 Å². The maximum absolute atomic E-state index is 13.1. The molecule has 36 heavy (non-hydrogen) atoms. The summed E-state index contributed by atoms with van der Waals surface area (Å²) < 4.78 is 5.03. The Kier molecular flexibility index (Phi) is 8.72. The zero-order valence-electron chi connectivity index (χ0n) is 20.1. The molecule has 1 atom stereocenters. The van der Waals surface area contributed by atoms with Gasteiger partial charge >= 0.3 is 5.97 Å². The largest absolute Gasteiger partial charge is 0.465 e. The number of amides is 2. The molecule has 2 amide bonds. The van der Waals surface area contributed by atoms with Gasteiger partial charge in [-0.15, -0.1) is 23.1 Å². The summed E-state index contributed by atoms with van der Waals surface area (Å²) in [4.78, 5) is 40.2. The van der Waals surface area contributed by atoms with Crippen LogP contribution in [0.15, 0.2) is 53.4 Å². The summed E-state index contributed by atoms with van der Waals surface area (Å²) in [5, 5.41) is 6.46. The molecule has 2 aromatic carbocycles. The number of carbonyl (C=O) groups excluding carboxylic acids is 3. The molecule has 1 aliphatic rings. The third-order valence-corrected chi connectivity index (χ3v) is 8.44. The molecule has 0 spiro atoms. The number of methoxy groups -OCH3 is 1. The van der Waals surface area contributed by atoms with Crippen LogP contribution in [0.1, 0.15) is 57.3 Å². The first-order valence-corrected chi connectivity index (χ1v) is 13.8. The van der Waals surface area contributed by atoms with Crippen molar-refractivity contribution in [2.45, 2.75) is 49.2 Å². The minimum atomic E-state index is -0.434. The number of fused-ring (bicyclic) bond motifs is 1. The second kappa shape index (κ2) is 12.0. The van der Waals surface area contributed by atoms with Crippen molar-refractivity contribution in [1.82, 2.24) is 0 Å². The number of thioether (sulfide) groups is 1. The van der Waals surface area contributed by atoms with Gasteiger partial charge in [0.25, 0.3) is 5.91 Å².